The van der Waals surface area contributed by atoms with Gasteiger partial charge in [0.25, 0.3) is 0 Å². The number of carbonyl (C=O) groups is 2. The lowest BCUT2D eigenvalue weighted by molar-refractivity contribution is -0.140. The lowest BCUT2D eigenvalue weighted by Gasteiger charge is -2.27. The average Bonchev–Trinajstić information content (AvgIpc) is 2.87. The second-order valence-corrected chi connectivity index (χ2v) is 6.96. The number of rotatable bonds is 10. The zero-order valence-corrected chi connectivity index (χ0v) is 16.0. The van der Waals surface area contributed by atoms with Crippen molar-refractivity contribution in [2.24, 2.45) is 0 Å². The summed E-state index contributed by atoms with van der Waals surface area (Å²) in [5, 5.41) is 0. The molecule has 0 saturated carbocycles. The maximum atomic E-state index is 13.2. The van der Waals surface area contributed by atoms with Crippen LogP contribution in [0.15, 0.2) is 30.3 Å². The Hall–Kier alpha value is -1.68. The van der Waals surface area contributed by atoms with Gasteiger partial charge in [-0.15, -0.1) is 0 Å². The van der Waals surface area contributed by atoms with Crippen LogP contribution in [0, 0.1) is 0 Å². The molecule has 2 amide bonds. The van der Waals surface area contributed by atoms with Crippen molar-refractivity contribution in [3.8, 4) is 0 Å². The van der Waals surface area contributed by atoms with Crippen molar-refractivity contribution in [2.75, 3.05) is 26.2 Å². The van der Waals surface area contributed by atoms with Gasteiger partial charge in [0.2, 0.25) is 11.8 Å². The fraction of sp³-hybridized carbons (Fsp3) is 0.619. The van der Waals surface area contributed by atoms with E-state index in [0.29, 0.717) is 13.0 Å². The Labute approximate surface area is 152 Å². The Balaban J connectivity index is 2.04. The van der Waals surface area contributed by atoms with E-state index in [1.54, 1.807) is 0 Å². The molecular formula is C21H32N2O2. The maximum Gasteiger partial charge on any atom is 0.240 e. The molecule has 138 valence electrons. The highest BCUT2D eigenvalue weighted by atomic mass is 16.2. The van der Waals surface area contributed by atoms with E-state index in [0.717, 1.165) is 50.9 Å². The Morgan fingerprint density at radius 1 is 1.04 bits per heavy atom. The quantitative estimate of drug-likeness (QED) is 0.481. The van der Waals surface area contributed by atoms with Crippen LogP contribution in [0.25, 0.3) is 0 Å². The fourth-order valence-corrected chi connectivity index (χ4v) is 3.92. The van der Waals surface area contributed by atoms with Crippen molar-refractivity contribution in [2.45, 2.75) is 58.3 Å². The lowest BCUT2D eigenvalue weighted by atomic mass is 9.75. The van der Waals surface area contributed by atoms with E-state index in [1.807, 2.05) is 30.3 Å². The van der Waals surface area contributed by atoms with Crippen LogP contribution in [0.5, 0.6) is 0 Å². The molecule has 1 aromatic carbocycles. The first-order valence-corrected chi connectivity index (χ1v) is 9.71. The van der Waals surface area contributed by atoms with Crippen molar-refractivity contribution in [1.29, 1.82) is 0 Å². The van der Waals surface area contributed by atoms with Gasteiger partial charge in [0, 0.05) is 13.0 Å². The van der Waals surface area contributed by atoms with Gasteiger partial charge in [0.1, 0.15) is 0 Å². The van der Waals surface area contributed by atoms with Crippen LogP contribution in [0.4, 0.5) is 0 Å². The average molecular weight is 344 g/mol. The minimum atomic E-state index is -0.647. The molecule has 1 heterocycles. The van der Waals surface area contributed by atoms with Crippen LogP contribution < -0.4 is 0 Å². The third kappa shape index (κ3) is 4.30. The molecule has 1 aliphatic rings. The number of hydrogen-bond donors (Lipinski definition) is 0. The van der Waals surface area contributed by atoms with Crippen LogP contribution in [0.2, 0.25) is 0 Å². The Morgan fingerprint density at radius 2 is 1.72 bits per heavy atom. The molecule has 1 aromatic rings. The van der Waals surface area contributed by atoms with Gasteiger partial charge in [-0.3, -0.25) is 14.5 Å². The van der Waals surface area contributed by atoms with E-state index in [-0.39, 0.29) is 11.8 Å². The second kappa shape index (κ2) is 9.14. The van der Waals surface area contributed by atoms with Gasteiger partial charge in [0.15, 0.2) is 0 Å². The van der Waals surface area contributed by atoms with Crippen LogP contribution >= 0.6 is 0 Å². The van der Waals surface area contributed by atoms with Crippen molar-refractivity contribution in [3.05, 3.63) is 35.9 Å². The molecule has 0 N–H and O–H groups in total. The topological polar surface area (TPSA) is 40.6 Å². The molecule has 2 rings (SSSR count). The molecule has 0 aromatic heterocycles. The van der Waals surface area contributed by atoms with Crippen molar-refractivity contribution < 1.29 is 9.59 Å². The zero-order chi connectivity index (χ0) is 18.3. The molecule has 0 radical (unpaired) electrons. The molecule has 1 aliphatic heterocycles. The van der Waals surface area contributed by atoms with Gasteiger partial charge >= 0.3 is 0 Å². The van der Waals surface area contributed by atoms with Gasteiger partial charge in [-0.25, -0.2) is 0 Å². The molecule has 1 fully saturated rings. The molecular weight excluding hydrogens is 312 g/mol. The number of likely N-dealkylation sites (tertiary alicyclic amines) is 1. The predicted octanol–water partition coefficient (Wildman–Crippen LogP) is 3.61. The van der Waals surface area contributed by atoms with Crippen LogP contribution in [-0.2, 0) is 15.0 Å². The third-order valence-electron chi connectivity index (χ3n) is 5.41. The molecule has 1 saturated heterocycles. The lowest BCUT2D eigenvalue weighted by Crippen LogP contribution is -2.39. The van der Waals surface area contributed by atoms with Crippen LogP contribution in [0.1, 0.15) is 58.4 Å². The predicted molar refractivity (Wildman–Crippen MR) is 101 cm³/mol. The Bertz CT molecular complexity index is 569. The molecule has 4 heteroatoms. The summed E-state index contributed by atoms with van der Waals surface area (Å²) in [6.07, 6.45) is 3.84. The number of benzene rings is 1. The van der Waals surface area contributed by atoms with E-state index in [1.165, 1.54) is 4.90 Å². The summed E-state index contributed by atoms with van der Waals surface area (Å²) in [5.74, 6) is -0.00136. The van der Waals surface area contributed by atoms with Crippen LogP contribution in [-0.4, -0.2) is 47.8 Å². The molecule has 1 unspecified atom stereocenters. The first kappa shape index (κ1) is 19.6. The molecule has 0 aliphatic carbocycles. The van der Waals surface area contributed by atoms with E-state index in [4.69, 9.17) is 0 Å². The van der Waals surface area contributed by atoms with E-state index in [2.05, 4.69) is 25.7 Å². The Morgan fingerprint density at radius 3 is 2.32 bits per heavy atom. The van der Waals surface area contributed by atoms with E-state index >= 15 is 0 Å². The van der Waals surface area contributed by atoms with Gasteiger partial charge in [-0.1, -0.05) is 57.5 Å². The first-order valence-electron chi connectivity index (χ1n) is 9.71. The summed E-state index contributed by atoms with van der Waals surface area (Å²) in [4.78, 5) is 29.6. The van der Waals surface area contributed by atoms with Crippen molar-refractivity contribution in [3.63, 3.8) is 0 Å². The van der Waals surface area contributed by atoms with Gasteiger partial charge in [-0.2, -0.15) is 0 Å². The van der Waals surface area contributed by atoms with Gasteiger partial charge in [-0.05, 0) is 44.5 Å². The number of unbranched alkanes of at least 4 members (excludes halogenated alkanes) is 1. The summed E-state index contributed by atoms with van der Waals surface area (Å²) < 4.78 is 0. The zero-order valence-electron chi connectivity index (χ0n) is 16.0. The largest absolute Gasteiger partial charge is 0.304 e. The molecule has 1 atom stereocenters. The second-order valence-electron chi connectivity index (χ2n) is 6.96. The maximum absolute atomic E-state index is 13.2. The normalized spacial score (nSPS) is 20.7. The fourth-order valence-electron chi connectivity index (χ4n) is 3.92. The molecule has 0 spiro atoms. The first-order chi connectivity index (χ1) is 12.1. The monoisotopic (exact) mass is 344 g/mol. The summed E-state index contributed by atoms with van der Waals surface area (Å²) in [6, 6.07) is 9.85. The number of carbonyl (C=O) groups excluding carboxylic acids is 2. The highest BCUT2D eigenvalue weighted by Gasteiger charge is 2.51. The molecule has 4 nitrogen and oxygen atoms in total. The SMILES string of the molecule is CCCC1(c2ccccc2)CC(=O)N(CCCCN(CC)CC)C1=O. The van der Waals surface area contributed by atoms with Crippen molar-refractivity contribution in [1.82, 2.24) is 9.80 Å². The number of amides is 2. The Kier molecular flexibility index (Phi) is 7.18. The summed E-state index contributed by atoms with van der Waals surface area (Å²) in [6.45, 7) is 10.1. The number of hydrogen-bond acceptors (Lipinski definition) is 3. The van der Waals surface area contributed by atoms with Gasteiger partial charge < -0.3 is 4.90 Å². The standard InChI is InChI=1S/C21H32N2O2/c1-4-14-21(18-12-8-7-9-13-18)17-19(24)23(20(21)25)16-11-10-15-22(5-2)6-3/h7-9,12-13H,4-6,10-11,14-17H2,1-3H3. The highest BCUT2D eigenvalue weighted by Crippen LogP contribution is 2.40. The van der Waals surface area contributed by atoms with Gasteiger partial charge in [0.05, 0.1) is 5.41 Å². The minimum Gasteiger partial charge on any atom is -0.304 e. The number of imide groups is 1. The smallest absolute Gasteiger partial charge is 0.240 e. The summed E-state index contributed by atoms with van der Waals surface area (Å²) in [5.41, 5.74) is 0.340. The molecule has 25 heavy (non-hydrogen) atoms. The summed E-state index contributed by atoms with van der Waals surface area (Å²) in [7, 11) is 0. The van der Waals surface area contributed by atoms with E-state index < -0.39 is 5.41 Å². The number of nitrogens with zero attached hydrogens (tertiary/aromatic N) is 2. The van der Waals surface area contributed by atoms with E-state index in [9.17, 15) is 9.59 Å². The third-order valence-corrected chi connectivity index (χ3v) is 5.41. The minimum absolute atomic E-state index is 0.00777. The van der Waals surface area contributed by atoms with Crippen molar-refractivity contribution >= 4 is 11.8 Å². The highest BCUT2D eigenvalue weighted by molar-refractivity contribution is 6.09. The summed E-state index contributed by atoms with van der Waals surface area (Å²) >= 11 is 0. The van der Waals surface area contributed by atoms with Crippen LogP contribution in [0.3, 0.4) is 0 Å². The molecule has 0 bridgehead atoms.